The van der Waals surface area contributed by atoms with E-state index in [0.717, 1.165) is 25.9 Å². The molecule has 1 aromatic rings. The van der Waals surface area contributed by atoms with Gasteiger partial charge in [0.25, 0.3) is 0 Å². The summed E-state index contributed by atoms with van der Waals surface area (Å²) < 4.78 is 0. The second kappa shape index (κ2) is 6.94. The molecule has 1 aliphatic heterocycles. The first kappa shape index (κ1) is 15.8. The highest BCUT2D eigenvalue weighted by atomic mass is 16.2. The predicted octanol–water partition coefficient (Wildman–Crippen LogP) is 2.27. The second-order valence-corrected chi connectivity index (χ2v) is 6.23. The van der Waals surface area contributed by atoms with Gasteiger partial charge in [-0.05, 0) is 43.9 Å². The van der Waals surface area contributed by atoms with E-state index in [4.69, 9.17) is 0 Å². The van der Waals surface area contributed by atoms with Crippen LogP contribution in [0.15, 0.2) is 18.2 Å². The van der Waals surface area contributed by atoms with Crippen LogP contribution in [0.5, 0.6) is 0 Å². The van der Waals surface area contributed by atoms with Gasteiger partial charge < -0.3 is 10.2 Å². The number of carbonyl (C=O) groups excluding carboxylic acids is 1. The van der Waals surface area contributed by atoms with Gasteiger partial charge in [-0.25, -0.2) is 0 Å². The van der Waals surface area contributed by atoms with E-state index in [1.54, 1.807) is 4.90 Å². The summed E-state index contributed by atoms with van der Waals surface area (Å²) in [5.41, 5.74) is 3.91. The fraction of sp³-hybridized carbons (Fsp3) is 0.588. The quantitative estimate of drug-likeness (QED) is 0.923. The first-order valence-corrected chi connectivity index (χ1v) is 7.72. The van der Waals surface area contributed by atoms with Crippen LogP contribution in [0.4, 0.5) is 5.69 Å². The molecule has 116 valence electrons. The predicted molar refractivity (Wildman–Crippen MR) is 87.7 cm³/mol. The first-order chi connectivity index (χ1) is 9.97. The number of piperidine rings is 1. The minimum atomic E-state index is 0.191. The molecule has 21 heavy (non-hydrogen) atoms. The number of likely N-dealkylation sites (N-methyl/N-ethyl adjacent to an activating group) is 1. The Morgan fingerprint density at radius 2 is 1.95 bits per heavy atom. The van der Waals surface area contributed by atoms with Gasteiger partial charge in [-0.1, -0.05) is 12.1 Å². The van der Waals surface area contributed by atoms with Crippen molar-refractivity contribution < 1.29 is 4.79 Å². The molecule has 0 radical (unpaired) electrons. The van der Waals surface area contributed by atoms with Gasteiger partial charge in [-0.15, -0.1) is 0 Å². The molecule has 2 rings (SSSR count). The summed E-state index contributed by atoms with van der Waals surface area (Å²) in [7, 11) is 3.63. The molecule has 4 nitrogen and oxygen atoms in total. The van der Waals surface area contributed by atoms with Crippen molar-refractivity contribution in [1.82, 2.24) is 9.80 Å². The van der Waals surface area contributed by atoms with Crippen LogP contribution in [0.25, 0.3) is 0 Å². The van der Waals surface area contributed by atoms with Gasteiger partial charge in [0.2, 0.25) is 5.91 Å². The first-order valence-electron chi connectivity index (χ1n) is 7.72. The number of aryl methyl sites for hydroxylation is 1. The summed E-state index contributed by atoms with van der Waals surface area (Å²) >= 11 is 0. The van der Waals surface area contributed by atoms with Crippen LogP contribution < -0.4 is 5.32 Å². The Bertz CT molecular complexity index is 491. The van der Waals surface area contributed by atoms with E-state index < -0.39 is 0 Å². The minimum absolute atomic E-state index is 0.191. The highest BCUT2D eigenvalue weighted by Gasteiger charge is 2.21. The van der Waals surface area contributed by atoms with E-state index in [9.17, 15) is 4.79 Å². The lowest BCUT2D eigenvalue weighted by Gasteiger charge is -2.33. The zero-order valence-corrected chi connectivity index (χ0v) is 13.6. The molecule has 1 heterocycles. The van der Waals surface area contributed by atoms with Crippen molar-refractivity contribution in [3.05, 3.63) is 29.3 Å². The van der Waals surface area contributed by atoms with E-state index in [1.807, 2.05) is 14.1 Å². The number of carbonyl (C=O) groups is 1. The van der Waals surface area contributed by atoms with Crippen molar-refractivity contribution in [3.8, 4) is 0 Å². The molecule has 1 saturated heterocycles. The van der Waals surface area contributed by atoms with Crippen LogP contribution in [0.3, 0.4) is 0 Å². The van der Waals surface area contributed by atoms with Crippen LogP contribution in [-0.2, 0) is 4.79 Å². The lowest BCUT2D eigenvalue weighted by atomic mass is 10.0. The monoisotopic (exact) mass is 289 g/mol. The van der Waals surface area contributed by atoms with Gasteiger partial charge in [0.1, 0.15) is 0 Å². The lowest BCUT2D eigenvalue weighted by molar-refractivity contribution is -0.130. The maximum atomic E-state index is 11.7. The summed E-state index contributed by atoms with van der Waals surface area (Å²) in [6.07, 6.45) is 2.18. The fourth-order valence-electron chi connectivity index (χ4n) is 2.70. The summed E-state index contributed by atoms with van der Waals surface area (Å²) in [5.74, 6) is 0.191. The van der Waals surface area contributed by atoms with Crippen molar-refractivity contribution in [2.45, 2.75) is 32.7 Å². The van der Waals surface area contributed by atoms with E-state index in [1.165, 1.54) is 16.8 Å². The molecule has 0 unspecified atom stereocenters. The van der Waals surface area contributed by atoms with Gasteiger partial charge >= 0.3 is 0 Å². The molecule has 1 amide bonds. The van der Waals surface area contributed by atoms with Gasteiger partial charge in [-0.3, -0.25) is 9.69 Å². The van der Waals surface area contributed by atoms with E-state index in [-0.39, 0.29) is 5.91 Å². The number of benzene rings is 1. The Kier molecular flexibility index (Phi) is 5.23. The van der Waals surface area contributed by atoms with Crippen molar-refractivity contribution >= 4 is 11.6 Å². The molecule has 1 aliphatic rings. The number of rotatable bonds is 4. The van der Waals surface area contributed by atoms with Crippen LogP contribution >= 0.6 is 0 Å². The number of nitrogens with zero attached hydrogens (tertiary/aromatic N) is 2. The molecular formula is C17H27N3O. The number of anilines is 1. The highest BCUT2D eigenvalue weighted by Crippen LogP contribution is 2.22. The Morgan fingerprint density at radius 1 is 1.29 bits per heavy atom. The van der Waals surface area contributed by atoms with E-state index in [0.29, 0.717) is 12.6 Å². The van der Waals surface area contributed by atoms with E-state index >= 15 is 0 Å². The molecule has 1 N–H and O–H groups in total. The van der Waals surface area contributed by atoms with Crippen molar-refractivity contribution in [2.24, 2.45) is 0 Å². The van der Waals surface area contributed by atoms with Gasteiger partial charge in [0.15, 0.2) is 0 Å². The largest absolute Gasteiger partial charge is 0.382 e. The third kappa shape index (κ3) is 4.21. The molecule has 0 atom stereocenters. The Hall–Kier alpha value is -1.55. The maximum Gasteiger partial charge on any atom is 0.236 e. The average molecular weight is 289 g/mol. The molecule has 0 saturated carbocycles. The van der Waals surface area contributed by atoms with E-state index in [2.05, 4.69) is 42.3 Å². The van der Waals surface area contributed by atoms with Crippen LogP contribution in [0.2, 0.25) is 0 Å². The number of hydrogen-bond acceptors (Lipinski definition) is 3. The molecule has 1 aromatic carbocycles. The topological polar surface area (TPSA) is 35.6 Å². The standard InChI is InChI=1S/C17H27N3O/c1-13-6-5-7-16(14(13)2)18-15-8-10-20(11-9-15)12-17(21)19(3)4/h5-7,15,18H,8-12H2,1-4H3. The summed E-state index contributed by atoms with van der Waals surface area (Å²) in [5, 5.41) is 3.66. The molecule has 4 heteroatoms. The fourth-order valence-corrected chi connectivity index (χ4v) is 2.70. The molecule has 0 aromatic heterocycles. The SMILES string of the molecule is Cc1cccc(NC2CCN(CC(=O)N(C)C)CC2)c1C. The molecule has 0 bridgehead atoms. The zero-order valence-electron chi connectivity index (χ0n) is 13.6. The highest BCUT2D eigenvalue weighted by molar-refractivity contribution is 5.77. The van der Waals surface area contributed by atoms with Crippen LogP contribution in [0.1, 0.15) is 24.0 Å². The summed E-state index contributed by atoms with van der Waals surface area (Å²) in [6.45, 7) is 6.84. The minimum Gasteiger partial charge on any atom is -0.382 e. The van der Waals surface area contributed by atoms with Gasteiger partial charge in [-0.2, -0.15) is 0 Å². The van der Waals surface area contributed by atoms with Gasteiger partial charge in [0.05, 0.1) is 6.54 Å². The smallest absolute Gasteiger partial charge is 0.236 e. The lowest BCUT2D eigenvalue weighted by Crippen LogP contribution is -2.44. The van der Waals surface area contributed by atoms with Crippen molar-refractivity contribution in [2.75, 3.05) is 39.0 Å². The number of likely N-dealkylation sites (tertiary alicyclic amines) is 1. The molecule has 1 fully saturated rings. The van der Waals surface area contributed by atoms with Crippen molar-refractivity contribution in [3.63, 3.8) is 0 Å². The van der Waals surface area contributed by atoms with Crippen LogP contribution in [0, 0.1) is 13.8 Å². The number of amides is 1. The molecule has 0 aliphatic carbocycles. The number of nitrogens with one attached hydrogen (secondary N) is 1. The zero-order chi connectivity index (χ0) is 15.4. The van der Waals surface area contributed by atoms with Gasteiger partial charge in [0, 0.05) is 38.9 Å². The normalized spacial score (nSPS) is 16.8. The molecule has 0 spiro atoms. The third-order valence-electron chi connectivity index (χ3n) is 4.41. The summed E-state index contributed by atoms with van der Waals surface area (Å²) in [4.78, 5) is 15.7. The molecular weight excluding hydrogens is 262 g/mol. The Balaban J connectivity index is 1.84. The Labute approximate surface area is 128 Å². The third-order valence-corrected chi connectivity index (χ3v) is 4.41. The maximum absolute atomic E-state index is 11.7. The number of hydrogen-bond donors (Lipinski definition) is 1. The Morgan fingerprint density at radius 3 is 2.57 bits per heavy atom. The summed E-state index contributed by atoms with van der Waals surface area (Å²) in [6, 6.07) is 6.92. The van der Waals surface area contributed by atoms with Crippen LogP contribution in [-0.4, -0.2) is 55.5 Å². The average Bonchev–Trinajstić information content (AvgIpc) is 2.46. The van der Waals surface area contributed by atoms with Crippen molar-refractivity contribution in [1.29, 1.82) is 0 Å². The second-order valence-electron chi connectivity index (χ2n) is 6.23.